The lowest BCUT2D eigenvalue weighted by Gasteiger charge is -2.25. The van der Waals surface area contributed by atoms with Gasteiger partial charge in [0, 0.05) is 24.5 Å². The summed E-state index contributed by atoms with van der Waals surface area (Å²) in [6.45, 7) is 3.40. The maximum absolute atomic E-state index is 13.3. The minimum Gasteiger partial charge on any atom is -0.507 e. The zero-order valence-electron chi connectivity index (χ0n) is 19.1. The standard InChI is InChI=1S/C27H24N2O6/c1-2-33-20-8-5-18(6-9-20)24-23(25(30)19-7-10-21-22(14-19)35-13-12-34-21)26(31)27(32)29(24)16-17-4-3-11-28-15-17/h3-11,14-15,24,30H,2,12-13,16H2,1H3/b25-23+/t24-/m1/s1. The summed E-state index contributed by atoms with van der Waals surface area (Å²) in [5.41, 5.74) is 1.82. The number of benzene rings is 2. The maximum atomic E-state index is 13.3. The second kappa shape index (κ2) is 9.50. The van der Waals surface area contributed by atoms with Gasteiger partial charge in [-0.1, -0.05) is 18.2 Å². The molecule has 8 nitrogen and oxygen atoms in total. The predicted octanol–water partition coefficient (Wildman–Crippen LogP) is 3.87. The van der Waals surface area contributed by atoms with Crippen LogP contribution in [-0.2, 0) is 16.1 Å². The third-order valence-electron chi connectivity index (χ3n) is 5.94. The van der Waals surface area contributed by atoms with E-state index in [-0.39, 0.29) is 17.9 Å². The van der Waals surface area contributed by atoms with Crippen LogP contribution < -0.4 is 14.2 Å². The van der Waals surface area contributed by atoms with Gasteiger partial charge in [0.1, 0.15) is 24.7 Å². The van der Waals surface area contributed by atoms with Crippen molar-refractivity contribution in [3.05, 3.63) is 89.3 Å². The van der Waals surface area contributed by atoms with E-state index in [4.69, 9.17) is 14.2 Å². The van der Waals surface area contributed by atoms with Gasteiger partial charge < -0.3 is 24.2 Å². The predicted molar refractivity (Wildman–Crippen MR) is 127 cm³/mol. The zero-order valence-corrected chi connectivity index (χ0v) is 19.1. The molecule has 0 radical (unpaired) electrons. The van der Waals surface area contributed by atoms with E-state index >= 15 is 0 Å². The average Bonchev–Trinajstić information content (AvgIpc) is 3.14. The summed E-state index contributed by atoms with van der Waals surface area (Å²) in [6, 6.07) is 14.9. The van der Waals surface area contributed by atoms with Crippen LogP contribution in [0.2, 0.25) is 0 Å². The fraction of sp³-hybridized carbons (Fsp3) is 0.222. The topological polar surface area (TPSA) is 98.2 Å². The number of carbonyl (C=O) groups excluding carboxylic acids is 2. The molecule has 1 saturated heterocycles. The van der Waals surface area contributed by atoms with Crippen molar-refractivity contribution in [1.29, 1.82) is 0 Å². The fourth-order valence-electron chi connectivity index (χ4n) is 4.34. The van der Waals surface area contributed by atoms with E-state index in [9.17, 15) is 14.7 Å². The molecule has 1 aromatic heterocycles. The normalized spacial score (nSPS) is 18.5. The van der Waals surface area contributed by atoms with Gasteiger partial charge in [0.2, 0.25) is 0 Å². The number of ketones is 1. The number of carbonyl (C=O) groups is 2. The van der Waals surface area contributed by atoms with Crippen molar-refractivity contribution >= 4 is 17.4 Å². The average molecular weight is 472 g/mol. The number of rotatable bonds is 6. The van der Waals surface area contributed by atoms with Crippen molar-refractivity contribution < 1.29 is 28.9 Å². The van der Waals surface area contributed by atoms with Crippen LogP contribution in [-0.4, -0.2) is 46.5 Å². The van der Waals surface area contributed by atoms with Crippen molar-refractivity contribution in [2.45, 2.75) is 19.5 Å². The third kappa shape index (κ3) is 4.30. The summed E-state index contributed by atoms with van der Waals surface area (Å²) in [4.78, 5) is 32.0. The Bertz CT molecular complexity index is 1290. The van der Waals surface area contributed by atoms with Gasteiger partial charge in [-0.15, -0.1) is 0 Å². The van der Waals surface area contributed by atoms with Crippen molar-refractivity contribution in [3.63, 3.8) is 0 Å². The van der Waals surface area contributed by atoms with Crippen LogP contribution in [0, 0.1) is 0 Å². The Balaban J connectivity index is 1.61. The first-order chi connectivity index (χ1) is 17.1. The fourth-order valence-corrected chi connectivity index (χ4v) is 4.34. The molecule has 1 fully saturated rings. The van der Waals surface area contributed by atoms with Crippen LogP contribution in [0.4, 0.5) is 0 Å². The number of aliphatic hydroxyl groups excluding tert-OH is 1. The number of amides is 1. The molecule has 2 aliphatic rings. The Hall–Kier alpha value is -4.33. The number of pyridine rings is 1. The minimum absolute atomic E-state index is 0.0136. The number of nitrogens with zero attached hydrogens (tertiary/aromatic N) is 2. The van der Waals surface area contributed by atoms with Gasteiger partial charge in [0.05, 0.1) is 18.2 Å². The zero-order chi connectivity index (χ0) is 24.4. The lowest BCUT2D eigenvalue weighted by atomic mass is 9.95. The van der Waals surface area contributed by atoms with Gasteiger partial charge in [-0.2, -0.15) is 0 Å². The number of hydrogen-bond acceptors (Lipinski definition) is 7. The smallest absolute Gasteiger partial charge is 0.295 e. The highest BCUT2D eigenvalue weighted by atomic mass is 16.6. The van der Waals surface area contributed by atoms with Crippen LogP contribution >= 0.6 is 0 Å². The molecule has 2 aliphatic heterocycles. The van der Waals surface area contributed by atoms with E-state index < -0.39 is 17.7 Å². The van der Waals surface area contributed by atoms with Crippen LogP contribution in [0.3, 0.4) is 0 Å². The highest BCUT2D eigenvalue weighted by Gasteiger charge is 2.46. The second-order valence-electron chi connectivity index (χ2n) is 8.15. The van der Waals surface area contributed by atoms with E-state index in [1.807, 2.05) is 13.0 Å². The Kier molecular flexibility index (Phi) is 6.10. The molecule has 8 heteroatoms. The molecular weight excluding hydrogens is 448 g/mol. The molecule has 0 bridgehead atoms. The SMILES string of the molecule is CCOc1ccc([C@@H]2/C(=C(\O)c3ccc4c(c3)OCCO4)C(=O)C(=O)N2Cc2cccnc2)cc1. The Morgan fingerprint density at radius 3 is 2.57 bits per heavy atom. The number of ether oxygens (including phenoxy) is 3. The van der Waals surface area contributed by atoms with Gasteiger partial charge in [-0.25, -0.2) is 0 Å². The number of aromatic nitrogens is 1. The molecular formula is C27H24N2O6. The minimum atomic E-state index is -0.793. The van der Waals surface area contributed by atoms with Gasteiger partial charge in [-0.05, 0) is 54.4 Å². The Morgan fingerprint density at radius 1 is 1.09 bits per heavy atom. The van der Waals surface area contributed by atoms with Gasteiger partial charge in [0.15, 0.2) is 11.5 Å². The lowest BCUT2D eigenvalue weighted by molar-refractivity contribution is -0.140. The quantitative estimate of drug-likeness (QED) is 0.330. The van der Waals surface area contributed by atoms with E-state index in [0.29, 0.717) is 48.2 Å². The molecule has 0 spiro atoms. The van der Waals surface area contributed by atoms with Gasteiger partial charge in [-0.3, -0.25) is 14.6 Å². The molecule has 1 atom stereocenters. The van der Waals surface area contributed by atoms with Crippen LogP contribution in [0.25, 0.3) is 5.76 Å². The first-order valence-corrected chi connectivity index (χ1v) is 11.4. The number of hydrogen-bond donors (Lipinski definition) is 1. The van der Waals surface area contributed by atoms with E-state index in [1.54, 1.807) is 60.9 Å². The Labute approximate surface area is 202 Å². The summed E-state index contributed by atoms with van der Waals surface area (Å²) in [7, 11) is 0. The maximum Gasteiger partial charge on any atom is 0.295 e. The molecule has 1 N–H and O–H groups in total. The molecule has 0 aliphatic carbocycles. The van der Waals surface area contributed by atoms with E-state index in [1.165, 1.54) is 4.90 Å². The molecule has 2 aromatic carbocycles. The highest BCUT2D eigenvalue weighted by Crippen LogP contribution is 2.42. The number of Topliss-reactive ketones (excluding diaryl/α,β-unsaturated/α-hetero) is 1. The van der Waals surface area contributed by atoms with Crippen molar-refractivity contribution in [2.75, 3.05) is 19.8 Å². The van der Waals surface area contributed by atoms with Crippen molar-refractivity contribution in [2.24, 2.45) is 0 Å². The summed E-state index contributed by atoms with van der Waals surface area (Å²) < 4.78 is 16.7. The largest absolute Gasteiger partial charge is 0.507 e. The number of aliphatic hydroxyl groups is 1. The molecule has 3 aromatic rings. The first kappa shape index (κ1) is 22.5. The van der Waals surface area contributed by atoms with E-state index in [2.05, 4.69) is 4.98 Å². The van der Waals surface area contributed by atoms with Gasteiger partial charge in [0.25, 0.3) is 11.7 Å². The van der Waals surface area contributed by atoms with Crippen LogP contribution in [0.1, 0.15) is 29.7 Å². The lowest BCUT2D eigenvalue weighted by Crippen LogP contribution is -2.29. The monoisotopic (exact) mass is 472 g/mol. The second-order valence-corrected chi connectivity index (χ2v) is 8.15. The first-order valence-electron chi connectivity index (χ1n) is 11.4. The molecule has 3 heterocycles. The number of fused-ring (bicyclic) bond motifs is 1. The van der Waals surface area contributed by atoms with Crippen molar-refractivity contribution in [3.8, 4) is 17.2 Å². The summed E-state index contributed by atoms with van der Waals surface area (Å²) >= 11 is 0. The highest BCUT2D eigenvalue weighted by molar-refractivity contribution is 6.46. The van der Waals surface area contributed by atoms with Crippen LogP contribution in [0.5, 0.6) is 17.2 Å². The molecule has 178 valence electrons. The third-order valence-corrected chi connectivity index (χ3v) is 5.94. The molecule has 35 heavy (non-hydrogen) atoms. The van der Waals surface area contributed by atoms with Gasteiger partial charge >= 0.3 is 0 Å². The van der Waals surface area contributed by atoms with Crippen LogP contribution in [0.15, 0.2) is 72.6 Å². The van der Waals surface area contributed by atoms with Crippen molar-refractivity contribution in [1.82, 2.24) is 9.88 Å². The Morgan fingerprint density at radius 2 is 1.86 bits per heavy atom. The number of likely N-dealkylation sites (tertiary alicyclic amines) is 1. The summed E-state index contributed by atoms with van der Waals surface area (Å²) in [5, 5.41) is 11.3. The van der Waals surface area contributed by atoms with E-state index in [0.717, 1.165) is 5.56 Å². The molecule has 0 unspecified atom stereocenters. The molecule has 5 rings (SSSR count). The molecule has 1 amide bonds. The summed E-state index contributed by atoms with van der Waals surface area (Å²) in [6.07, 6.45) is 3.29. The summed E-state index contributed by atoms with van der Waals surface area (Å²) in [5.74, 6) is 0.00239. The molecule has 0 saturated carbocycles.